The first-order chi connectivity index (χ1) is 15.7. The Labute approximate surface area is 179 Å². The van der Waals surface area contributed by atoms with Crippen LogP contribution >= 0.6 is 0 Å². The topological polar surface area (TPSA) is 129 Å². The molecule has 0 aliphatic heterocycles. The average Bonchev–Trinajstić information content (AvgIpc) is 3.42. The zero-order valence-corrected chi connectivity index (χ0v) is 16.3. The Morgan fingerprint density at radius 3 is 2.59 bits per heavy atom. The summed E-state index contributed by atoms with van der Waals surface area (Å²) in [6.07, 6.45) is 8.13. The van der Waals surface area contributed by atoms with Gasteiger partial charge < -0.3 is 10.1 Å². The van der Waals surface area contributed by atoms with E-state index in [9.17, 15) is 9.50 Å². The number of halogens is 1. The Balaban J connectivity index is 1.52. The number of hydrogen-bond acceptors (Lipinski definition) is 7. The van der Waals surface area contributed by atoms with Crippen LogP contribution in [0.1, 0.15) is 0 Å². The van der Waals surface area contributed by atoms with Crippen LogP contribution in [0.4, 0.5) is 4.39 Å². The Hall–Kier alpha value is -4.73. The number of phenols is 1. The van der Waals surface area contributed by atoms with Crippen LogP contribution in [-0.2, 0) is 0 Å². The molecule has 0 bridgehead atoms. The zero-order chi connectivity index (χ0) is 21.7. The van der Waals surface area contributed by atoms with Crippen LogP contribution in [0.5, 0.6) is 5.75 Å². The number of nitrogens with zero attached hydrogens (tertiary/aromatic N) is 6. The molecule has 10 heteroatoms. The van der Waals surface area contributed by atoms with Crippen LogP contribution in [0.25, 0.3) is 56.0 Å². The molecule has 5 heterocycles. The molecule has 0 unspecified atom stereocenters. The van der Waals surface area contributed by atoms with Crippen molar-refractivity contribution in [1.82, 2.24) is 40.1 Å². The lowest BCUT2D eigenvalue weighted by Gasteiger charge is -2.03. The number of H-pyrrole nitrogens is 2. The molecule has 0 spiro atoms. The van der Waals surface area contributed by atoms with Crippen molar-refractivity contribution in [3.05, 3.63) is 67.3 Å². The fraction of sp³-hybridized carbons (Fsp3) is 0. The van der Waals surface area contributed by atoms with Crippen LogP contribution in [0, 0.1) is 5.82 Å². The first-order valence-electron chi connectivity index (χ1n) is 9.60. The average molecular weight is 424 g/mol. The van der Waals surface area contributed by atoms with Crippen molar-refractivity contribution in [3.8, 4) is 39.8 Å². The molecule has 9 nitrogen and oxygen atoms in total. The van der Waals surface area contributed by atoms with E-state index >= 15 is 0 Å². The Morgan fingerprint density at radius 1 is 0.875 bits per heavy atom. The Morgan fingerprint density at radius 2 is 1.75 bits per heavy atom. The highest BCUT2D eigenvalue weighted by Crippen LogP contribution is 2.32. The molecule has 0 atom stereocenters. The fourth-order valence-corrected chi connectivity index (χ4v) is 3.66. The lowest BCUT2D eigenvalue weighted by molar-refractivity contribution is 0.469. The smallest absolute Gasteiger partial charge is 0.159 e. The van der Waals surface area contributed by atoms with Gasteiger partial charge in [0.25, 0.3) is 0 Å². The van der Waals surface area contributed by atoms with Crippen LogP contribution in [0.15, 0.2) is 61.4 Å². The maximum atomic E-state index is 13.8. The molecule has 0 amide bonds. The Bertz CT molecular complexity index is 1590. The third-order valence-corrected chi connectivity index (χ3v) is 5.08. The summed E-state index contributed by atoms with van der Waals surface area (Å²) in [6.45, 7) is 0. The van der Waals surface area contributed by atoms with Gasteiger partial charge in [0.1, 0.15) is 29.1 Å². The number of imidazole rings is 1. The van der Waals surface area contributed by atoms with Gasteiger partial charge >= 0.3 is 0 Å². The van der Waals surface area contributed by atoms with Gasteiger partial charge in [-0.1, -0.05) is 0 Å². The molecule has 0 aliphatic rings. The molecule has 154 valence electrons. The van der Waals surface area contributed by atoms with Crippen molar-refractivity contribution < 1.29 is 9.50 Å². The number of fused-ring (bicyclic) bond motifs is 2. The van der Waals surface area contributed by atoms with Gasteiger partial charge in [0.15, 0.2) is 5.82 Å². The quantitative estimate of drug-likeness (QED) is 0.393. The van der Waals surface area contributed by atoms with Gasteiger partial charge in [0, 0.05) is 41.2 Å². The number of aromatic nitrogens is 8. The number of nitrogens with one attached hydrogen (secondary N) is 2. The van der Waals surface area contributed by atoms with E-state index in [1.54, 1.807) is 30.9 Å². The predicted octanol–water partition coefficient (Wildman–Crippen LogP) is 3.86. The first kappa shape index (κ1) is 18.1. The third-order valence-electron chi connectivity index (χ3n) is 5.08. The molecule has 0 saturated carbocycles. The predicted molar refractivity (Wildman–Crippen MR) is 115 cm³/mol. The van der Waals surface area contributed by atoms with Crippen LogP contribution in [-0.4, -0.2) is 45.2 Å². The number of pyridine rings is 2. The highest BCUT2D eigenvalue weighted by Gasteiger charge is 2.17. The molecule has 1 aromatic carbocycles. The van der Waals surface area contributed by atoms with Crippen molar-refractivity contribution in [2.45, 2.75) is 0 Å². The van der Waals surface area contributed by atoms with Crippen molar-refractivity contribution in [2.75, 3.05) is 0 Å². The summed E-state index contributed by atoms with van der Waals surface area (Å²) in [4.78, 5) is 24.8. The lowest BCUT2D eigenvalue weighted by atomic mass is 10.1. The van der Waals surface area contributed by atoms with E-state index in [0.29, 0.717) is 39.5 Å². The SMILES string of the molecule is Oc1cc(F)cc(-c2nccc3[nH]c(-c4n[nH]c5cnc(-c6cncnc6)cc45)nc23)c1. The molecule has 0 radical (unpaired) electrons. The summed E-state index contributed by atoms with van der Waals surface area (Å²) in [6, 6.07) is 7.46. The van der Waals surface area contributed by atoms with Gasteiger partial charge in [-0.05, 0) is 24.3 Å². The normalized spacial score (nSPS) is 11.4. The van der Waals surface area contributed by atoms with Gasteiger partial charge in [0.05, 0.1) is 28.6 Å². The highest BCUT2D eigenvalue weighted by molar-refractivity contribution is 5.96. The monoisotopic (exact) mass is 424 g/mol. The molecule has 0 fully saturated rings. The van der Waals surface area contributed by atoms with Crippen molar-refractivity contribution in [1.29, 1.82) is 0 Å². The summed E-state index contributed by atoms with van der Waals surface area (Å²) in [7, 11) is 0. The first-order valence-corrected chi connectivity index (χ1v) is 9.60. The van der Waals surface area contributed by atoms with E-state index in [1.807, 2.05) is 6.07 Å². The molecule has 32 heavy (non-hydrogen) atoms. The summed E-state index contributed by atoms with van der Waals surface area (Å²) in [5.41, 5.74) is 4.94. The maximum absolute atomic E-state index is 13.8. The number of phenolic OH excluding ortho intramolecular Hbond substituents is 1. The summed E-state index contributed by atoms with van der Waals surface area (Å²) in [5, 5.41) is 18.0. The van der Waals surface area contributed by atoms with Gasteiger partial charge in [-0.2, -0.15) is 5.10 Å². The second kappa shape index (κ2) is 6.91. The molecule has 6 rings (SSSR count). The van der Waals surface area contributed by atoms with E-state index in [2.05, 4.69) is 35.1 Å². The minimum absolute atomic E-state index is 0.183. The zero-order valence-electron chi connectivity index (χ0n) is 16.3. The summed E-state index contributed by atoms with van der Waals surface area (Å²) < 4.78 is 13.8. The summed E-state index contributed by atoms with van der Waals surface area (Å²) >= 11 is 0. The fourth-order valence-electron chi connectivity index (χ4n) is 3.66. The van der Waals surface area contributed by atoms with Crippen molar-refractivity contribution >= 4 is 21.9 Å². The highest BCUT2D eigenvalue weighted by atomic mass is 19.1. The van der Waals surface area contributed by atoms with Crippen LogP contribution < -0.4 is 0 Å². The van der Waals surface area contributed by atoms with E-state index in [4.69, 9.17) is 4.98 Å². The van der Waals surface area contributed by atoms with Gasteiger partial charge in [-0.25, -0.2) is 19.3 Å². The maximum Gasteiger partial charge on any atom is 0.159 e. The standard InChI is InChI=1S/C22H13FN8O/c23-13-3-11(4-14(32)5-13)19-21-16(1-2-26-19)28-22(29-21)20-15-6-17(12-7-24-10-25-8-12)27-9-18(15)30-31-20/h1-10,32H,(H,28,29)(H,30,31). The van der Waals surface area contributed by atoms with Crippen LogP contribution in [0.2, 0.25) is 0 Å². The largest absolute Gasteiger partial charge is 0.508 e. The summed E-state index contributed by atoms with van der Waals surface area (Å²) in [5.74, 6) is -0.224. The number of aromatic hydroxyl groups is 1. The lowest BCUT2D eigenvalue weighted by Crippen LogP contribution is -1.87. The van der Waals surface area contributed by atoms with Gasteiger partial charge in [-0.15, -0.1) is 0 Å². The molecule has 0 aliphatic carbocycles. The molecule has 5 aromatic heterocycles. The molecule has 3 N–H and O–H groups in total. The molecule has 0 saturated heterocycles. The minimum atomic E-state index is -0.558. The number of benzene rings is 1. The second-order valence-corrected chi connectivity index (χ2v) is 7.15. The molecule has 6 aromatic rings. The number of rotatable bonds is 3. The third kappa shape index (κ3) is 2.93. The molecular formula is C22H13FN8O. The van der Waals surface area contributed by atoms with E-state index in [-0.39, 0.29) is 5.75 Å². The van der Waals surface area contributed by atoms with Gasteiger partial charge in [-0.3, -0.25) is 15.1 Å². The number of aromatic amines is 2. The van der Waals surface area contributed by atoms with Crippen molar-refractivity contribution in [3.63, 3.8) is 0 Å². The van der Waals surface area contributed by atoms with E-state index in [1.165, 1.54) is 18.5 Å². The Kier molecular flexibility index (Phi) is 3.90. The number of hydrogen-bond donors (Lipinski definition) is 3. The molecular weight excluding hydrogens is 411 g/mol. The second-order valence-electron chi connectivity index (χ2n) is 7.15. The minimum Gasteiger partial charge on any atom is -0.508 e. The van der Waals surface area contributed by atoms with E-state index < -0.39 is 5.82 Å². The van der Waals surface area contributed by atoms with E-state index in [0.717, 1.165) is 22.5 Å². The van der Waals surface area contributed by atoms with Crippen molar-refractivity contribution in [2.24, 2.45) is 0 Å². The van der Waals surface area contributed by atoms with Crippen LogP contribution in [0.3, 0.4) is 0 Å². The van der Waals surface area contributed by atoms with Gasteiger partial charge in [0.2, 0.25) is 0 Å².